The molecule has 3 aromatic rings. The van der Waals surface area contributed by atoms with Crippen molar-refractivity contribution in [1.82, 2.24) is 0 Å². The third-order valence-corrected chi connectivity index (χ3v) is 6.96. The Labute approximate surface area is 230 Å². The van der Waals surface area contributed by atoms with Crippen molar-refractivity contribution in [3.63, 3.8) is 0 Å². The van der Waals surface area contributed by atoms with E-state index in [0.717, 1.165) is 24.3 Å². The number of benzene rings is 2. The maximum atomic E-state index is 13.6. The van der Waals surface area contributed by atoms with E-state index in [-0.39, 0.29) is 16.9 Å². The van der Waals surface area contributed by atoms with Crippen LogP contribution in [0.3, 0.4) is 0 Å². The number of hydrogen-bond donors (Lipinski definition) is 9. The molecular weight excluding hydrogens is 552 g/mol. The molecule has 5 rings (SSSR count). The molecule has 0 saturated carbocycles. The lowest BCUT2D eigenvalue weighted by molar-refractivity contribution is -0.316. The first kappa shape index (κ1) is 28.8. The molecule has 9 unspecified atom stereocenters. The standard InChI is InChI=1S/C26H28O15/c1-8-17(32)20(35)21(36)25(37-8)41-24-18(33)15(7-27)39-26(24)40-23-19(34)16-13(31)5-10(28)6-14(16)38-22(23)9-2-3-11(29)12(30)4-9/h2-6,8,15,17-18,20-21,24-33,35-36H,7H2,1H3. The first-order chi connectivity index (χ1) is 19.4. The van der Waals surface area contributed by atoms with E-state index in [4.69, 9.17) is 23.4 Å². The van der Waals surface area contributed by atoms with Crippen LogP contribution in [0.2, 0.25) is 0 Å². The molecule has 0 spiro atoms. The van der Waals surface area contributed by atoms with Gasteiger partial charge in [-0.15, -0.1) is 0 Å². The number of aliphatic hydroxyl groups excluding tert-OH is 5. The van der Waals surface area contributed by atoms with Crippen molar-refractivity contribution < 1.29 is 69.3 Å². The molecule has 1 aromatic heterocycles. The molecule has 0 aliphatic carbocycles. The highest BCUT2D eigenvalue weighted by atomic mass is 16.8. The third-order valence-electron chi connectivity index (χ3n) is 6.96. The largest absolute Gasteiger partial charge is 0.508 e. The Morgan fingerprint density at radius 1 is 0.829 bits per heavy atom. The average molecular weight is 580 g/mol. The second kappa shape index (κ2) is 11.0. The van der Waals surface area contributed by atoms with Crippen molar-refractivity contribution in [3.05, 3.63) is 40.6 Å². The van der Waals surface area contributed by atoms with Gasteiger partial charge in [0.05, 0.1) is 12.7 Å². The summed E-state index contributed by atoms with van der Waals surface area (Å²) in [6.45, 7) is 0.684. The summed E-state index contributed by atoms with van der Waals surface area (Å²) in [6.07, 6.45) is -13.7. The fourth-order valence-electron chi connectivity index (χ4n) is 4.72. The van der Waals surface area contributed by atoms with Gasteiger partial charge in [-0.05, 0) is 25.1 Å². The fraction of sp³-hybridized carbons (Fsp3) is 0.423. The molecule has 2 saturated heterocycles. The summed E-state index contributed by atoms with van der Waals surface area (Å²) in [5, 5.41) is 90.7. The summed E-state index contributed by atoms with van der Waals surface area (Å²) in [5.74, 6) is -3.13. The van der Waals surface area contributed by atoms with Gasteiger partial charge in [-0.25, -0.2) is 0 Å². The molecule has 0 amide bonds. The van der Waals surface area contributed by atoms with Gasteiger partial charge in [0.2, 0.25) is 17.5 Å². The van der Waals surface area contributed by atoms with Crippen LogP contribution in [0.4, 0.5) is 0 Å². The third kappa shape index (κ3) is 5.13. The number of rotatable bonds is 6. The summed E-state index contributed by atoms with van der Waals surface area (Å²) in [7, 11) is 0. The number of phenolic OH excluding ortho intramolecular Hbond substituents is 4. The van der Waals surface area contributed by atoms with Crippen LogP contribution in [0.5, 0.6) is 28.7 Å². The van der Waals surface area contributed by atoms with E-state index in [2.05, 4.69) is 0 Å². The minimum absolute atomic E-state index is 0.00354. The molecule has 41 heavy (non-hydrogen) atoms. The predicted octanol–water partition coefficient (Wildman–Crippen LogP) is -1.05. The Kier molecular flexibility index (Phi) is 7.71. The van der Waals surface area contributed by atoms with E-state index in [1.165, 1.54) is 13.0 Å². The fourth-order valence-corrected chi connectivity index (χ4v) is 4.72. The Morgan fingerprint density at radius 3 is 2.24 bits per heavy atom. The maximum absolute atomic E-state index is 13.6. The number of phenols is 4. The second-order valence-corrected chi connectivity index (χ2v) is 9.75. The lowest BCUT2D eigenvalue weighted by atomic mass is 10.00. The number of fused-ring (bicyclic) bond motifs is 1. The molecule has 2 aromatic carbocycles. The Hall–Kier alpha value is -3.67. The second-order valence-electron chi connectivity index (χ2n) is 9.75. The lowest BCUT2D eigenvalue weighted by Crippen LogP contribution is -2.59. The van der Waals surface area contributed by atoms with Gasteiger partial charge < -0.3 is 69.3 Å². The van der Waals surface area contributed by atoms with Crippen LogP contribution in [0, 0.1) is 0 Å². The first-order valence-electron chi connectivity index (χ1n) is 12.4. The van der Waals surface area contributed by atoms with Crippen LogP contribution in [0.15, 0.2) is 39.5 Å². The summed E-state index contributed by atoms with van der Waals surface area (Å²) < 4.78 is 28.3. The van der Waals surface area contributed by atoms with Gasteiger partial charge >= 0.3 is 0 Å². The molecule has 15 heteroatoms. The van der Waals surface area contributed by atoms with Crippen molar-refractivity contribution in [3.8, 4) is 40.1 Å². The minimum atomic E-state index is -1.77. The van der Waals surface area contributed by atoms with Gasteiger partial charge in [-0.3, -0.25) is 4.79 Å². The van der Waals surface area contributed by atoms with Crippen molar-refractivity contribution in [2.75, 3.05) is 6.61 Å². The summed E-state index contributed by atoms with van der Waals surface area (Å²) in [4.78, 5) is 13.6. The van der Waals surface area contributed by atoms with Gasteiger partial charge in [-0.2, -0.15) is 0 Å². The van der Waals surface area contributed by atoms with Crippen molar-refractivity contribution >= 4 is 11.0 Å². The van der Waals surface area contributed by atoms with E-state index >= 15 is 0 Å². The molecule has 2 aliphatic heterocycles. The van der Waals surface area contributed by atoms with Gasteiger partial charge in [0, 0.05) is 17.7 Å². The molecule has 0 radical (unpaired) electrons. The van der Waals surface area contributed by atoms with Crippen molar-refractivity contribution in [1.29, 1.82) is 0 Å². The first-order valence-corrected chi connectivity index (χ1v) is 12.4. The maximum Gasteiger partial charge on any atom is 0.239 e. The highest BCUT2D eigenvalue weighted by Gasteiger charge is 2.51. The topological polar surface area (TPSA) is 249 Å². The number of hydrogen-bond acceptors (Lipinski definition) is 15. The Morgan fingerprint density at radius 2 is 1.56 bits per heavy atom. The normalized spacial score (nSPS) is 31.9. The zero-order valence-electron chi connectivity index (χ0n) is 21.3. The van der Waals surface area contributed by atoms with Crippen molar-refractivity contribution in [2.24, 2.45) is 0 Å². The molecular formula is C26H28O15. The summed E-state index contributed by atoms with van der Waals surface area (Å²) in [5.41, 5.74) is -1.24. The molecule has 2 aliphatic rings. The predicted molar refractivity (Wildman–Crippen MR) is 134 cm³/mol. The van der Waals surface area contributed by atoms with E-state index in [9.17, 15) is 50.8 Å². The SMILES string of the molecule is CC1OC(OC2C(Oc3c(-c4ccc(O)c(O)c4)oc4cc(O)cc(O)c4c3=O)OC(CO)C2O)C(O)C(O)C1O. The van der Waals surface area contributed by atoms with E-state index in [0.29, 0.717) is 0 Å². The molecule has 9 N–H and O–H groups in total. The van der Waals surface area contributed by atoms with Crippen LogP contribution in [-0.2, 0) is 14.2 Å². The summed E-state index contributed by atoms with van der Waals surface area (Å²) in [6, 6.07) is 5.36. The van der Waals surface area contributed by atoms with E-state index in [1.807, 2.05) is 0 Å². The zero-order valence-corrected chi connectivity index (χ0v) is 21.3. The molecule has 15 nitrogen and oxygen atoms in total. The zero-order chi connectivity index (χ0) is 29.7. The molecule has 222 valence electrons. The van der Waals surface area contributed by atoms with Crippen LogP contribution in [0.25, 0.3) is 22.3 Å². The number of aliphatic hydroxyl groups is 5. The molecule has 9 atom stereocenters. The number of ether oxygens (including phenoxy) is 4. The highest BCUT2D eigenvalue weighted by molar-refractivity contribution is 5.88. The monoisotopic (exact) mass is 580 g/mol. The molecule has 0 bridgehead atoms. The van der Waals surface area contributed by atoms with Crippen LogP contribution in [0.1, 0.15) is 6.92 Å². The highest BCUT2D eigenvalue weighted by Crippen LogP contribution is 2.40. The Bertz CT molecular complexity index is 1490. The van der Waals surface area contributed by atoms with E-state index in [1.54, 1.807) is 0 Å². The average Bonchev–Trinajstić information content (AvgIpc) is 3.22. The molecule has 2 fully saturated rings. The smallest absolute Gasteiger partial charge is 0.239 e. The minimum Gasteiger partial charge on any atom is -0.508 e. The molecule has 3 heterocycles. The Balaban J connectivity index is 1.59. The van der Waals surface area contributed by atoms with Gasteiger partial charge in [0.15, 0.2) is 29.7 Å². The van der Waals surface area contributed by atoms with E-state index < -0.39 is 101 Å². The lowest BCUT2D eigenvalue weighted by Gasteiger charge is -2.40. The van der Waals surface area contributed by atoms with Crippen LogP contribution >= 0.6 is 0 Å². The number of aromatic hydroxyl groups is 4. The van der Waals surface area contributed by atoms with Gasteiger partial charge in [-0.1, -0.05) is 0 Å². The van der Waals surface area contributed by atoms with Crippen LogP contribution < -0.4 is 10.2 Å². The summed E-state index contributed by atoms with van der Waals surface area (Å²) >= 11 is 0. The van der Waals surface area contributed by atoms with Gasteiger partial charge in [0.1, 0.15) is 53.0 Å². The van der Waals surface area contributed by atoms with Gasteiger partial charge in [0.25, 0.3) is 0 Å². The van der Waals surface area contributed by atoms with Crippen LogP contribution in [-0.4, -0.2) is 108 Å². The van der Waals surface area contributed by atoms with Crippen molar-refractivity contribution in [2.45, 2.75) is 62.2 Å². The quantitative estimate of drug-likeness (QED) is 0.158.